The number of hydrogen-bond donors (Lipinski definition) is 0. The van der Waals surface area contributed by atoms with Crippen LogP contribution >= 0.6 is 0 Å². The van der Waals surface area contributed by atoms with Crippen LogP contribution in [0.2, 0.25) is 0 Å². The molecule has 3 rings (SSSR count). The molecular weight excluding hydrogens is 395 g/mol. The molecule has 0 aliphatic carbocycles. The van der Waals surface area contributed by atoms with Crippen molar-refractivity contribution >= 4 is 21.7 Å². The Balaban J connectivity index is 0.000000687. The van der Waals surface area contributed by atoms with Crippen molar-refractivity contribution < 1.29 is 21.8 Å². The molecule has 6 nitrogen and oxygen atoms in total. The third kappa shape index (κ3) is 7.23. The van der Waals surface area contributed by atoms with Gasteiger partial charge in [-0.05, 0) is 44.4 Å². The maximum atomic E-state index is 14.5. The number of amides is 1. The van der Waals surface area contributed by atoms with Crippen molar-refractivity contribution in [2.24, 2.45) is 5.92 Å². The first-order chi connectivity index (χ1) is 13.6. The van der Waals surface area contributed by atoms with Gasteiger partial charge in [-0.2, -0.15) is 8.42 Å². The summed E-state index contributed by atoms with van der Waals surface area (Å²) in [4.78, 5) is 15.5. The second kappa shape index (κ2) is 9.96. The lowest BCUT2D eigenvalue weighted by Gasteiger charge is -2.18. The molecule has 0 radical (unpaired) electrons. The van der Waals surface area contributed by atoms with Crippen molar-refractivity contribution in [2.75, 3.05) is 45.5 Å². The first-order valence-electron chi connectivity index (χ1n) is 9.17. The third-order valence-corrected chi connectivity index (χ3v) is 4.63. The fourth-order valence-corrected chi connectivity index (χ4v) is 3.32. The highest BCUT2D eigenvalue weighted by atomic mass is 32.2. The summed E-state index contributed by atoms with van der Waals surface area (Å²) < 4.78 is 41.4. The molecule has 1 heterocycles. The highest BCUT2D eigenvalue weighted by Gasteiger charge is 2.32. The SMILES string of the molecule is CN(C)C.CS(=O)(=O)OCC1CC(=O)N(c2ccc(-c3ccccc3)cc2F)C1. The van der Waals surface area contributed by atoms with Crippen LogP contribution in [-0.4, -0.2) is 59.8 Å². The van der Waals surface area contributed by atoms with E-state index in [9.17, 15) is 17.6 Å². The van der Waals surface area contributed by atoms with Crippen LogP contribution in [0.5, 0.6) is 0 Å². The van der Waals surface area contributed by atoms with Gasteiger partial charge in [0.15, 0.2) is 0 Å². The van der Waals surface area contributed by atoms with Crippen molar-refractivity contribution in [3.63, 3.8) is 0 Å². The van der Waals surface area contributed by atoms with Crippen molar-refractivity contribution in [3.8, 4) is 11.1 Å². The first kappa shape index (κ1) is 23.0. The summed E-state index contributed by atoms with van der Waals surface area (Å²) in [7, 11) is 2.44. The van der Waals surface area contributed by atoms with Crippen molar-refractivity contribution in [1.29, 1.82) is 0 Å². The molecule has 1 aliphatic heterocycles. The minimum atomic E-state index is -3.56. The molecule has 158 valence electrons. The third-order valence-electron chi connectivity index (χ3n) is 4.07. The van der Waals surface area contributed by atoms with E-state index < -0.39 is 15.9 Å². The molecular formula is C21H27FN2O4S. The Hall–Kier alpha value is -2.29. The van der Waals surface area contributed by atoms with E-state index in [-0.39, 0.29) is 37.1 Å². The fraction of sp³-hybridized carbons (Fsp3) is 0.381. The second-order valence-corrected chi connectivity index (χ2v) is 9.08. The van der Waals surface area contributed by atoms with E-state index in [4.69, 9.17) is 4.18 Å². The molecule has 0 bridgehead atoms. The molecule has 1 aliphatic rings. The van der Waals surface area contributed by atoms with E-state index >= 15 is 0 Å². The molecule has 29 heavy (non-hydrogen) atoms. The Kier molecular flexibility index (Phi) is 7.89. The van der Waals surface area contributed by atoms with Crippen LogP contribution in [0, 0.1) is 11.7 Å². The van der Waals surface area contributed by atoms with E-state index in [0.29, 0.717) is 0 Å². The summed E-state index contributed by atoms with van der Waals surface area (Å²) in [5.74, 6) is -1.01. The molecule has 0 aromatic heterocycles. The number of hydrogen-bond acceptors (Lipinski definition) is 5. The summed E-state index contributed by atoms with van der Waals surface area (Å²) >= 11 is 0. The summed E-state index contributed by atoms with van der Waals surface area (Å²) in [5.41, 5.74) is 1.82. The lowest BCUT2D eigenvalue weighted by atomic mass is 10.0. The standard InChI is InChI=1S/C18H18FNO4S.C3H9N/c1-25(22,23)24-12-13-9-18(21)20(11-13)17-8-7-15(10-16(17)19)14-5-3-2-4-6-14;1-4(2)3/h2-8,10,13H,9,11-12H2,1H3;1-3H3. The Morgan fingerprint density at radius 3 is 2.28 bits per heavy atom. The van der Waals surface area contributed by atoms with Gasteiger partial charge in [-0.15, -0.1) is 0 Å². The van der Waals surface area contributed by atoms with Crippen LogP contribution in [0.4, 0.5) is 10.1 Å². The molecule has 1 fully saturated rings. The van der Waals surface area contributed by atoms with E-state index in [1.54, 1.807) is 12.1 Å². The molecule has 1 amide bonds. The van der Waals surface area contributed by atoms with E-state index in [0.717, 1.165) is 17.4 Å². The summed E-state index contributed by atoms with van der Waals surface area (Å²) in [5, 5.41) is 0. The molecule has 1 saturated heterocycles. The van der Waals surface area contributed by atoms with Gasteiger partial charge >= 0.3 is 0 Å². The number of anilines is 1. The quantitative estimate of drug-likeness (QED) is 0.693. The number of carbonyl (C=O) groups is 1. The second-order valence-electron chi connectivity index (χ2n) is 7.44. The lowest BCUT2D eigenvalue weighted by Crippen LogP contribution is -2.26. The van der Waals surface area contributed by atoms with Crippen LogP contribution < -0.4 is 4.90 Å². The highest BCUT2D eigenvalue weighted by molar-refractivity contribution is 7.85. The number of halogens is 1. The zero-order valence-corrected chi connectivity index (χ0v) is 17.9. The minimum absolute atomic E-state index is 0.0786. The predicted molar refractivity (Wildman–Crippen MR) is 113 cm³/mol. The van der Waals surface area contributed by atoms with Gasteiger partial charge in [0.1, 0.15) is 5.82 Å². The van der Waals surface area contributed by atoms with E-state index in [1.165, 1.54) is 11.0 Å². The van der Waals surface area contributed by atoms with Gasteiger partial charge in [-0.1, -0.05) is 36.4 Å². The average molecular weight is 423 g/mol. The maximum absolute atomic E-state index is 14.5. The maximum Gasteiger partial charge on any atom is 0.264 e. The van der Waals surface area contributed by atoms with Crippen LogP contribution in [0.1, 0.15) is 6.42 Å². The molecule has 2 aromatic carbocycles. The average Bonchev–Trinajstić information content (AvgIpc) is 3.00. The topological polar surface area (TPSA) is 66.9 Å². The van der Waals surface area contributed by atoms with Crippen molar-refractivity contribution in [2.45, 2.75) is 6.42 Å². The zero-order chi connectivity index (χ0) is 21.6. The predicted octanol–water partition coefficient (Wildman–Crippen LogP) is 3.00. The molecule has 2 aromatic rings. The molecule has 8 heteroatoms. The Morgan fingerprint density at radius 1 is 1.10 bits per heavy atom. The zero-order valence-electron chi connectivity index (χ0n) is 17.1. The number of benzene rings is 2. The van der Waals surface area contributed by atoms with Crippen molar-refractivity contribution in [3.05, 3.63) is 54.3 Å². The normalized spacial score (nSPS) is 16.7. The fourth-order valence-electron chi connectivity index (χ4n) is 2.88. The molecule has 0 saturated carbocycles. The Bertz CT molecular complexity index is 930. The van der Waals surface area contributed by atoms with Gasteiger partial charge in [0.2, 0.25) is 5.91 Å². The van der Waals surface area contributed by atoms with Gasteiger partial charge in [-0.3, -0.25) is 8.98 Å². The van der Waals surface area contributed by atoms with Gasteiger partial charge in [0, 0.05) is 18.9 Å². The van der Waals surface area contributed by atoms with Crippen LogP contribution in [0.25, 0.3) is 11.1 Å². The smallest absolute Gasteiger partial charge is 0.264 e. The summed E-state index contributed by atoms with van der Waals surface area (Å²) in [6.45, 7) is 0.154. The largest absolute Gasteiger partial charge is 0.312 e. The van der Waals surface area contributed by atoms with Gasteiger partial charge in [-0.25, -0.2) is 4.39 Å². The summed E-state index contributed by atoms with van der Waals surface area (Å²) in [6, 6.07) is 14.1. The molecule has 0 N–H and O–H groups in total. The molecule has 0 spiro atoms. The molecule has 1 atom stereocenters. The first-order valence-corrected chi connectivity index (χ1v) is 11.0. The highest BCUT2D eigenvalue weighted by Crippen LogP contribution is 2.31. The summed E-state index contributed by atoms with van der Waals surface area (Å²) in [6.07, 6.45) is 1.10. The van der Waals surface area contributed by atoms with Crippen LogP contribution in [0.3, 0.4) is 0 Å². The Labute approximate surface area is 172 Å². The number of rotatable bonds is 5. The van der Waals surface area contributed by atoms with Crippen molar-refractivity contribution in [1.82, 2.24) is 4.90 Å². The lowest BCUT2D eigenvalue weighted by molar-refractivity contribution is -0.117. The van der Waals surface area contributed by atoms with Gasteiger partial charge in [0.25, 0.3) is 10.1 Å². The van der Waals surface area contributed by atoms with Crippen LogP contribution in [-0.2, 0) is 19.1 Å². The van der Waals surface area contributed by atoms with E-state index in [1.807, 2.05) is 56.4 Å². The van der Waals surface area contributed by atoms with Gasteiger partial charge in [0.05, 0.1) is 18.6 Å². The Morgan fingerprint density at radius 2 is 1.72 bits per heavy atom. The van der Waals surface area contributed by atoms with Gasteiger partial charge < -0.3 is 9.80 Å². The monoisotopic (exact) mass is 422 g/mol. The number of nitrogens with zero attached hydrogens (tertiary/aromatic N) is 2. The van der Waals surface area contributed by atoms with E-state index in [2.05, 4.69) is 0 Å². The minimum Gasteiger partial charge on any atom is -0.312 e. The van der Waals surface area contributed by atoms with Crippen LogP contribution in [0.15, 0.2) is 48.5 Å². The number of carbonyl (C=O) groups excluding carboxylic acids is 1. The molecule has 1 unspecified atom stereocenters.